The van der Waals surface area contributed by atoms with Gasteiger partial charge >= 0.3 is 0 Å². The molecule has 4 nitrogen and oxygen atoms in total. The molecule has 0 spiro atoms. The molecule has 0 aromatic rings. The van der Waals surface area contributed by atoms with Gasteiger partial charge in [-0.2, -0.15) is 11.8 Å². The number of ether oxygens (including phenoxy) is 1. The van der Waals surface area contributed by atoms with E-state index in [1.165, 1.54) is 37.7 Å². The molecule has 0 atom stereocenters. The number of nitrogens with one attached hydrogen (secondary N) is 1. The maximum absolute atomic E-state index is 5.34. The quantitative estimate of drug-likeness (QED) is 0.676. The highest BCUT2D eigenvalue weighted by Crippen LogP contribution is 2.07. The third-order valence-corrected chi connectivity index (χ3v) is 4.36. The van der Waals surface area contributed by atoms with E-state index >= 15 is 0 Å². The lowest BCUT2D eigenvalue weighted by Gasteiger charge is -2.28. The van der Waals surface area contributed by atoms with Crippen LogP contribution < -0.4 is 5.32 Å². The number of rotatable bonds is 6. The molecule has 0 saturated carbocycles. The number of thioether (sulfide) groups is 1. The minimum absolute atomic E-state index is 0.908. The maximum Gasteiger partial charge on any atom is 0.0594 e. The zero-order valence-electron chi connectivity index (χ0n) is 10.7. The molecule has 2 heterocycles. The highest BCUT2D eigenvalue weighted by Gasteiger charge is 2.10. The first-order valence-corrected chi connectivity index (χ1v) is 7.91. The van der Waals surface area contributed by atoms with Gasteiger partial charge in [0.05, 0.1) is 13.2 Å². The molecule has 0 radical (unpaired) electrons. The molecular weight excluding hydrogens is 234 g/mol. The third kappa shape index (κ3) is 5.57. The van der Waals surface area contributed by atoms with E-state index in [2.05, 4.69) is 26.9 Å². The van der Waals surface area contributed by atoms with Gasteiger partial charge in [0, 0.05) is 63.9 Å². The summed E-state index contributed by atoms with van der Waals surface area (Å²) < 4.78 is 5.34. The van der Waals surface area contributed by atoms with Crippen molar-refractivity contribution < 1.29 is 4.74 Å². The standard InChI is InChI=1S/C12H25N3OS/c1(3-14-5-9-16-10-6-14)13-2-4-15-7-11-17-12-8-15/h13H,1-12H2. The van der Waals surface area contributed by atoms with Crippen molar-refractivity contribution in [2.75, 3.05) is 77.1 Å². The normalized spacial score (nSPS) is 24.0. The molecule has 0 aromatic heterocycles. The highest BCUT2D eigenvalue weighted by molar-refractivity contribution is 7.99. The molecule has 2 aliphatic heterocycles. The van der Waals surface area contributed by atoms with Crippen LogP contribution in [0.5, 0.6) is 0 Å². The summed E-state index contributed by atoms with van der Waals surface area (Å²) in [5, 5.41) is 3.55. The van der Waals surface area contributed by atoms with E-state index in [4.69, 9.17) is 4.74 Å². The van der Waals surface area contributed by atoms with Crippen LogP contribution in [0.1, 0.15) is 0 Å². The van der Waals surface area contributed by atoms with E-state index in [-0.39, 0.29) is 0 Å². The van der Waals surface area contributed by atoms with Gasteiger partial charge in [0.1, 0.15) is 0 Å². The Kier molecular flexibility index (Phi) is 6.66. The molecular formula is C12H25N3OS. The molecule has 100 valence electrons. The average Bonchev–Trinajstić information content (AvgIpc) is 2.41. The molecule has 2 fully saturated rings. The second-order valence-corrected chi connectivity index (χ2v) is 5.88. The van der Waals surface area contributed by atoms with E-state index < -0.39 is 0 Å². The first-order chi connectivity index (χ1) is 8.45. The van der Waals surface area contributed by atoms with Crippen LogP contribution in [0.2, 0.25) is 0 Å². The molecule has 5 heteroatoms. The monoisotopic (exact) mass is 259 g/mol. The van der Waals surface area contributed by atoms with Crippen LogP contribution in [-0.4, -0.2) is 86.9 Å². The largest absolute Gasteiger partial charge is 0.379 e. The Morgan fingerprint density at radius 2 is 1.47 bits per heavy atom. The summed E-state index contributed by atoms with van der Waals surface area (Å²) >= 11 is 2.08. The predicted molar refractivity (Wildman–Crippen MR) is 73.9 cm³/mol. The summed E-state index contributed by atoms with van der Waals surface area (Å²) in [7, 11) is 0. The average molecular weight is 259 g/mol. The SMILES string of the molecule is C(CN1CCOCC1)NCCN1CCSCC1. The third-order valence-electron chi connectivity index (χ3n) is 3.42. The van der Waals surface area contributed by atoms with Crippen molar-refractivity contribution in [1.29, 1.82) is 0 Å². The van der Waals surface area contributed by atoms with Gasteiger partial charge in [0.2, 0.25) is 0 Å². The van der Waals surface area contributed by atoms with E-state index in [0.717, 1.165) is 39.4 Å². The van der Waals surface area contributed by atoms with E-state index in [1.54, 1.807) is 0 Å². The summed E-state index contributed by atoms with van der Waals surface area (Å²) in [5.74, 6) is 2.63. The number of nitrogens with zero attached hydrogens (tertiary/aromatic N) is 2. The fourth-order valence-electron chi connectivity index (χ4n) is 2.25. The molecule has 1 N–H and O–H groups in total. The van der Waals surface area contributed by atoms with Crippen molar-refractivity contribution in [1.82, 2.24) is 15.1 Å². The molecule has 2 rings (SSSR count). The second kappa shape index (κ2) is 8.32. The van der Waals surface area contributed by atoms with Crippen molar-refractivity contribution in [3.05, 3.63) is 0 Å². The molecule has 17 heavy (non-hydrogen) atoms. The molecule has 0 bridgehead atoms. The van der Waals surface area contributed by atoms with Gasteiger partial charge in [0.15, 0.2) is 0 Å². The van der Waals surface area contributed by atoms with Gasteiger partial charge in [0.25, 0.3) is 0 Å². The van der Waals surface area contributed by atoms with Gasteiger partial charge < -0.3 is 15.0 Å². The topological polar surface area (TPSA) is 27.7 Å². The Morgan fingerprint density at radius 1 is 0.882 bits per heavy atom. The van der Waals surface area contributed by atoms with Crippen molar-refractivity contribution in [3.63, 3.8) is 0 Å². The minimum Gasteiger partial charge on any atom is -0.379 e. The van der Waals surface area contributed by atoms with Gasteiger partial charge in [-0.3, -0.25) is 4.90 Å². The van der Waals surface area contributed by atoms with E-state index in [9.17, 15) is 0 Å². The molecule has 0 unspecified atom stereocenters. The fourth-order valence-corrected chi connectivity index (χ4v) is 3.23. The number of hydrogen-bond donors (Lipinski definition) is 1. The zero-order chi connectivity index (χ0) is 11.8. The lowest BCUT2D eigenvalue weighted by Crippen LogP contribution is -2.42. The Labute approximate surface area is 109 Å². The van der Waals surface area contributed by atoms with Crippen molar-refractivity contribution in [3.8, 4) is 0 Å². The number of morpholine rings is 1. The van der Waals surface area contributed by atoms with Crippen LogP contribution in [0.3, 0.4) is 0 Å². The Balaban J connectivity index is 1.42. The number of hydrogen-bond acceptors (Lipinski definition) is 5. The van der Waals surface area contributed by atoms with Crippen molar-refractivity contribution >= 4 is 11.8 Å². The molecule has 0 aliphatic carbocycles. The van der Waals surface area contributed by atoms with Crippen LogP contribution in [0.4, 0.5) is 0 Å². The van der Waals surface area contributed by atoms with Crippen LogP contribution in [0, 0.1) is 0 Å². The first-order valence-electron chi connectivity index (χ1n) is 6.76. The van der Waals surface area contributed by atoms with Crippen molar-refractivity contribution in [2.24, 2.45) is 0 Å². The zero-order valence-corrected chi connectivity index (χ0v) is 11.5. The van der Waals surface area contributed by atoms with Crippen LogP contribution in [0.15, 0.2) is 0 Å². The maximum atomic E-state index is 5.34. The van der Waals surface area contributed by atoms with Crippen LogP contribution >= 0.6 is 11.8 Å². The summed E-state index contributed by atoms with van der Waals surface area (Å²) in [4.78, 5) is 5.05. The fraction of sp³-hybridized carbons (Fsp3) is 1.00. The van der Waals surface area contributed by atoms with Gasteiger partial charge in [-0.1, -0.05) is 0 Å². The summed E-state index contributed by atoms with van der Waals surface area (Å²) in [5.41, 5.74) is 0. The Morgan fingerprint density at radius 3 is 2.12 bits per heavy atom. The van der Waals surface area contributed by atoms with Gasteiger partial charge in [-0.05, 0) is 0 Å². The van der Waals surface area contributed by atoms with Crippen molar-refractivity contribution in [2.45, 2.75) is 0 Å². The predicted octanol–water partition coefficient (Wildman–Crippen LogP) is -0.0430. The summed E-state index contributed by atoms with van der Waals surface area (Å²) in [6, 6.07) is 0. The molecule has 2 saturated heterocycles. The minimum atomic E-state index is 0.908. The lowest BCUT2D eigenvalue weighted by atomic mass is 10.4. The smallest absolute Gasteiger partial charge is 0.0594 e. The first kappa shape index (κ1) is 13.6. The highest BCUT2D eigenvalue weighted by atomic mass is 32.2. The van der Waals surface area contributed by atoms with Crippen LogP contribution in [-0.2, 0) is 4.74 Å². The van der Waals surface area contributed by atoms with Crippen LogP contribution in [0.25, 0.3) is 0 Å². The van der Waals surface area contributed by atoms with Gasteiger partial charge in [-0.15, -0.1) is 0 Å². The lowest BCUT2D eigenvalue weighted by molar-refractivity contribution is 0.0384. The summed E-state index contributed by atoms with van der Waals surface area (Å²) in [6.07, 6.45) is 0. The van der Waals surface area contributed by atoms with E-state index in [1.807, 2.05) is 0 Å². The second-order valence-electron chi connectivity index (χ2n) is 4.66. The van der Waals surface area contributed by atoms with E-state index in [0.29, 0.717) is 0 Å². The van der Waals surface area contributed by atoms with Gasteiger partial charge in [-0.25, -0.2) is 0 Å². The Hall–Kier alpha value is 0.190. The molecule has 2 aliphatic rings. The molecule has 0 aromatic carbocycles. The summed E-state index contributed by atoms with van der Waals surface area (Å²) in [6.45, 7) is 11.2. The molecule has 0 amide bonds. The Bertz CT molecular complexity index is 174.